The Labute approximate surface area is 186 Å². The molecular formula is C23H27N3O3S2. The van der Waals surface area contributed by atoms with Crippen molar-refractivity contribution in [1.82, 2.24) is 14.2 Å². The van der Waals surface area contributed by atoms with Crippen LogP contribution in [0.1, 0.15) is 37.2 Å². The molecule has 2 aliphatic heterocycles. The van der Waals surface area contributed by atoms with Crippen molar-refractivity contribution in [3.05, 3.63) is 53.5 Å². The molecule has 2 aromatic heterocycles. The highest BCUT2D eigenvalue weighted by Gasteiger charge is 2.36. The van der Waals surface area contributed by atoms with E-state index in [9.17, 15) is 13.2 Å². The van der Waals surface area contributed by atoms with E-state index in [0.29, 0.717) is 23.2 Å². The second-order valence-electron chi connectivity index (χ2n) is 8.52. The molecule has 5 rings (SSSR count). The molecule has 2 aliphatic rings. The number of hydrogen-bond donors (Lipinski definition) is 1. The summed E-state index contributed by atoms with van der Waals surface area (Å²) in [7, 11) is -3.50. The summed E-state index contributed by atoms with van der Waals surface area (Å²) in [6, 6.07) is 11.7. The summed E-state index contributed by atoms with van der Waals surface area (Å²) in [5.41, 5.74) is 2.50. The molecule has 0 aliphatic carbocycles. The van der Waals surface area contributed by atoms with Crippen molar-refractivity contribution in [2.45, 2.75) is 35.8 Å². The van der Waals surface area contributed by atoms with E-state index in [4.69, 9.17) is 0 Å². The van der Waals surface area contributed by atoms with Crippen LogP contribution in [0.5, 0.6) is 0 Å². The SMILES string of the molecule is O=C(C1CCCN(S(=O)(=O)c2cccs2)C1)N1CCC(c2c[nH]c3ccccc23)CC1. The number of amides is 1. The maximum absolute atomic E-state index is 13.2. The molecule has 0 radical (unpaired) electrons. The summed E-state index contributed by atoms with van der Waals surface area (Å²) < 4.78 is 27.6. The molecule has 8 heteroatoms. The molecule has 0 bridgehead atoms. The largest absolute Gasteiger partial charge is 0.361 e. The molecule has 1 atom stereocenters. The number of carbonyl (C=O) groups is 1. The molecule has 0 spiro atoms. The number of benzene rings is 1. The van der Waals surface area contributed by atoms with Gasteiger partial charge < -0.3 is 9.88 Å². The van der Waals surface area contributed by atoms with E-state index in [2.05, 4.69) is 29.4 Å². The smallest absolute Gasteiger partial charge is 0.252 e. The van der Waals surface area contributed by atoms with Crippen LogP contribution < -0.4 is 0 Å². The van der Waals surface area contributed by atoms with Gasteiger partial charge in [-0.2, -0.15) is 4.31 Å². The lowest BCUT2D eigenvalue weighted by molar-refractivity contribution is -0.137. The summed E-state index contributed by atoms with van der Waals surface area (Å²) in [6.07, 6.45) is 5.49. The van der Waals surface area contributed by atoms with Gasteiger partial charge in [-0.3, -0.25) is 4.79 Å². The van der Waals surface area contributed by atoms with Gasteiger partial charge in [0, 0.05) is 43.3 Å². The molecule has 2 saturated heterocycles. The van der Waals surface area contributed by atoms with Gasteiger partial charge in [0.2, 0.25) is 5.91 Å². The summed E-state index contributed by atoms with van der Waals surface area (Å²) in [5, 5.41) is 3.05. The summed E-state index contributed by atoms with van der Waals surface area (Å²) in [4.78, 5) is 18.5. The fourth-order valence-corrected chi connectivity index (χ4v) is 7.67. The number of H-pyrrole nitrogens is 1. The number of para-hydroxylation sites is 1. The molecule has 3 aromatic rings. The quantitative estimate of drug-likeness (QED) is 0.643. The Kier molecular flexibility index (Phi) is 5.62. The highest BCUT2D eigenvalue weighted by atomic mass is 32.2. The fraction of sp³-hybridized carbons (Fsp3) is 0.435. The van der Waals surface area contributed by atoms with E-state index in [-0.39, 0.29) is 11.8 Å². The van der Waals surface area contributed by atoms with Gasteiger partial charge in [0.1, 0.15) is 4.21 Å². The van der Waals surface area contributed by atoms with Gasteiger partial charge in [-0.15, -0.1) is 11.3 Å². The Hall–Kier alpha value is -2.16. The van der Waals surface area contributed by atoms with Crippen molar-refractivity contribution < 1.29 is 13.2 Å². The highest BCUT2D eigenvalue weighted by Crippen LogP contribution is 2.34. The van der Waals surface area contributed by atoms with Gasteiger partial charge in [0.15, 0.2) is 0 Å². The maximum atomic E-state index is 13.2. The normalized spacial score (nSPS) is 21.5. The van der Waals surface area contributed by atoms with Crippen molar-refractivity contribution in [3.8, 4) is 0 Å². The van der Waals surface area contributed by atoms with E-state index < -0.39 is 10.0 Å². The Morgan fingerprint density at radius 1 is 1.03 bits per heavy atom. The van der Waals surface area contributed by atoms with Crippen LogP contribution in [0, 0.1) is 5.92 Å². The predicted octanol–water partition coefficient (Wildman–Crippen LogP) is 4.04. The van der Waals surface area contributed by atoms with Crippen LogP contribution in [0.2, 0.25) is 0 Å². The molecule has 1 N–H and O–H groups in total. The van der Waals surface area contributed by atoms with Crippen LogP contribution in [-0.4, -0.2) is 54.7 Å². The number of rotatable bonds is 4. The Morgan fingerprint density at radius 2 is 1.84 bits per heavy atom. The molecule has 2 fully saturated rings. The minimum absolute atomic E-state index is 0.114. The van der Waals surface area contributed by atoms with Gasteiger partial charge in [-0.05, 0) is 54.7 Å². The standard InChI is InChI=1S/C23H27N3O3S2/c27-23(18-5-3-11-26(16-18)31(28,29)22-8-4-14-30-22)25-12-9-17(10-13-25)20-15-24-21-7-2-1-6-19(20)21/h1-2,4,6-8,14-15,17-18,24H,3,5,9-13,16H2. The lowest BCUT2D eigenvalue weighted by Gasteiger charge is -2.37. The molecule has 1 unspecified atom stereocenters. The van der Waals surface area contributed by atoms with Crippen molar-refractivity contribution >= 4 is 38.2 Å². The Morgan fingerprint density at radius 3 is 2.61 bits per heavy atom. The number of sulfonamides is 1. The van der Waals surface area contributed by atoms with Crippen LogP contribution in [0.15, 0.2) is 52.2 Å². The molecule has 31 heavy (non-hydrogen) atoms. The lowest BCUT2D eigenvalue weighted by atomic mass is 9.88. The number of nitrogens with zero attached hydrogens (tertiary/aromatic N) is 2. The van der Waals surface area contributed by atoms with E-state index >= 15 is 0 Å². The summed E-state index contributed by atoms with van der Waals surface area (Å²) in [6.45, 7) is 2.25. The number of aromatic amines is 1. The van der Waals surface area contributed by atoms with Gasteiger partial charge in [0.25, 0.3) is 10.0 Å². The summed E-state index contributed by atoms with van der Waals surface area (Å²) in [5.74, 6) is 0.318. The highest BCUT2D eigenvalue weighted by molar-refractivity contribution is 7.91. The molecule has 4 heterocycles. The first-order valence-electron chi connectivity index (χ1n) is 10.9. The minimum Gasteiger partial charge on any atom is -0.361 e. The average Bonchev–Trinajstić information content (AvgIpc) is 3.50. The third-order valence-corrected chi connectivity index (χ3v) is 9.93. The molecule has 6 nitrogen and oxygen atoms in total. The van der Waals surface area contributed by atoms with Crippen LogP contribution in [0.4, 0.5) is 0 Å². The molecule has 164 valence electrons. The van der Waals surface area contributed by atoms with Crippen LogP contribution in [0.25, 0.3) is 10.9 Å². The third kappa shape index (κ3) is 3.92. The Balaban J connectivity index is 1.23. The number of aromatic nitrogens is 1. The minimum atomic E-state index is -3.50. The van der Waals surface area contributed by atoms with Gasteiger partial charge in [-0.1, -0.05) is 24.3 Å². The Bertz CT molecular complexity index is 1160. The first kappa shape index (κ1) is 20.7. The van der Waals surface area contributed by atoms with E-state index in [1.54, 1.807) is 17.5 Å². The zero-order valence-electron chi connectivity index (χ0n) is 17.4. The van der Waals surface area contributed by atoms with Crippen molar-refractivity contribution in [3.63, 3.8) is 0 Å². The van der Waals surface area contributed by atoms with E-state index in [1.807, 2.05) is 11.0 Å². The molecule has 1 amide bonds. The van der Waals surface area contributed by atoms with E-state index in [0.717, 1.165) is 44.3 Å². The number of thiophene rings is 1. The number of fused-ring (bicyclic) bond motifs is 1. The first-order valence-corrected chi connectivity index (χ1v) is 13.2. The van der Waals surface area contributed by atoms with Crippen LogP contribution >= 0.6 is 11.3 Å². The second-order valence-corrected chi connectivity index (χ2v) is 11.6. The lowest BCUT2D eigenvalue weighted by Crippen LogP contribution is -2.48. The number of hydrogen-bond acceptors (Lipinski definition) is 4. The topological polar surface area (TPSA) is 73.5 Å². The second kappa shape index (κ2) is 8.41. The first-order chi connectivity index (χ1) is 15.0. The fourth-order valence-electron chi connectivity index (χ4n) is 5.00. The number of likely N-dealkylation sites (tertiary alicyclic amines) is 1. The van der Waals surface area contributed by atoms with Crippen molar-refractivity contribution in [1.29, 1.82) is 0 Å². The molecular weight excluding hydrogens is 430 g/mol. The summed E-state index contributed by atoms with van der Waals surface area (Å²) >= 11 is 1.23. The monoisotopic (exact) mass is 457 g/mol. The third-order valence-electron chi connectivity index (χ3n) is 6.69. The van der Waals surface area contributed by atoms with Crippen LogP contribution in [0.3, 0.4) is 0 Å². The van der Waals surface area contributed by atoms with E-state index in [1.165, 1.54) is 26.6 Å². The van der Waals surface area contributed by atoms with Crippen molar-refractivity contribution in [2.24, 2.45) is 5.92 Å². The predicted molar refractivity (Wildman–Crippen MR) is 123 cm³/mol. The van der Waals surface area contributed by atoms with Gasteiger partial charge in [-0.25, -0.2) is 8.42 Å². The maximum Gasteiger partial charge on any atom is 0.252 e. The molecule has 1 aromatic carbocycles. The zero-order chi connectivity index (χ0) is 21.4. The van der Waals surface area contributed by atoms with Gasteiger partial charge in [0.05, 0.1) is 5.92 Å². The number of carbonyl (C=O) groups excluding carboxylic acids is 1. The zero-order valence-corrected chi connectivity index (χ0v) is 19.0. The average molecular weight is 458 g/mol. The van der Waals surface area contributed by atoms with Crippen LogP contribution in [-0.2, 0) is 14.8 Å². The van der Waals surface area contributed by atoms with Crippen molar-refractivity contribution in [2.75, 3.05) is 26.2 Å². The van der Waals surface area contributed by atoms with Gasteiger partial charge >= 0.3 is 0 Å². The number of nitrogens with one attached hydrogen (secondary N) is 1. The molecule has 0 saturated carbocycles. The number of piperidine rings is 2.